The van der Waals surface area contributed by atoms with E-state index in [1.807, 2.05) is 38.1 Å². The van der Waals surface area contributed by atoms with Gasteiger partial charge in [0.1, 0.15) is 5.01 Å². The Morgan fingerprint density at radius 1 is 1.16 bits per heavy atom. The summed E-state index contributed by atoms with van der Waals surface area (Å²) in [6.07, 6.45) is 3.46. The summed E-state index contributed by atoms with van der Waals surface area (Å²) >= 11 is 1.48. The molecule has 0 saturated carbocycles. The molecule has 1 aromatic carbocycles. The van der Waals surface area contributed by atoms with Gasteiger partial charge in [-0.2, -0.15) is 0 Å². The van der Waals surface area contributed by atoms with Crippen molar-refractivity contribution < 1.29 is 8.42 Å². The van der Waals surface area contributed by atoms with Gasteiger partial charge in [0, 0.05) is 29.4 Å². The summed E-state index contributed by atoms with van der Waals surface area (Å²) in [5.41, 5.74) is 3.40. The largest absolute Gasteiger partial charge is 0.264 e. The van der Waals surface area contributed by atoms with Gasteiger partial charge in [-0.15, -0.1) is 11.3 Å². The lowest BCUT2D eigenvalue weighted by Crippen LogP contribution is -2.24. The van der Waals surface area contributed by atoms with E-state index >= 15 is 0 Å². The van der Waals surface area contributed by atoms with Gasteiger partial charge in [0.15, 0.2) is 0 Å². The number of nitrogens with zero attached hydrogens (tertiary/aromatic N) is 2. The van der Waals surface area contributed by atoms with Crippen molar-refractivity contribution in [1.82, 2.24) is 14.7 Å². The molecule has 0 aliphatic rings. The third-order valence-corrected chi connectivity index (χ3v) is 6.61. The molecular weight excluding hydrogens is 354 g/mol. The number of aromatic nitrogens is 2. The van der Waals surface area contributed by atoms with E-state index in [0.29, 0.717) is 4.90 Å². The van der Waals surface area contributed by atoms with Crippen molar-refractivity contribution in [3.05, 3.63) is 64.4 Å². The molecule has 5 nitrogen and oxygen atoms in total. The van der Waals surface area contributed by atoms with Gasteiger partial charge in [0.2, 0.25) is 10.0 Å². The maximum atomic E-state index is 12.6. The number of hydrogen-bond acceptors (Lipinski definition) is 5. The summed E-state index contributed by atoms with van der Waals surface area (Å²) in [4.78, 5) is 9.85. The fourth-order valence-electron chi connectivity index (χ4n) is 2.44. The normalized spacial score (nSPS) is 11.6. The number of rotatable bonds is 5. The first-order chi connectivity index (χ1) is 11.9. The average molecular weight is 374 g/mol. The Balaban J connectivity index is 1.82. The van der Waals surface area contributed by atoms with Crippen molar-refractivity contribution >= 4 is 21.4 Å². The van der Waals surface area contributed by atoms with E-state index in [4.69, 9.17) is 0 Å². The highest BCUT2D eigenvalue weighted by molar-refractivity contribution is 7.89. The predicted octanol–water partition coefficient (Wildman–Crippen LogP) is 3.61. The molecule has 0 aliphatic carbocycles. The van der Waals surface area contributed by atoms with Crippen LogP contribution in [0.1, 0.15) is 21.7 Å². The summed E-state index contributed by atoms with van der Waals surface area (Å²) in [7, 11) is -3.57. The van der Waals surface area contributed by atoms with Gasteiger partial charge < -0.3 is 0 Å². The molecular formula is C18H19N3O2S2. The lowest BCUT2D eigenvalue weighted by Gasteiger charge is -2.09. The summed E-state index contributed by atoms with van der Waals surface area (Å²) in [5.74, 6) is 0. The Kier molecular flexibility index (Phi) is 4.99. The second-order valence-corrected chi connectivity index (χ2v) is 8.68. The van der Waals surface area contributed by atoms with Crippen LogP contribution in [-0.2, 0) is 16.6 Å². The van der Waals surface area contributed by atoms with Crippen LogP contribution in [-0.4, -0.2) is 18.4 Å². The SMILES string of the molecule is Cc1ccc(C)c(S(=O)(=O)NCc2sc(-c3cccnc3)nc2C)c1. The number of sulfonamides is 1. The van der Waals surface area contributed by atoms with Crippen LogP contribution in [0.3, 0.4) is 0 Å². The van der Waals surface area contributed by atoms with Gasteiger partial charge >= 0.3 is 0 Å². The van der Waals surface area contributed by atoms with Gasteiger partial charge in [-0.25, -0.2) is 18.1 Å². The maximum Gasteiger partial charge on any atom is 0.241 e. The number of nitrogens with one attached hydrogen (secondary N) is 1. The van der Waals surface area contributed by atoms with Crippen LogP contribution in [0, 0.1) is 20.8 Å². The lowest BCUT2D eigenvalue weighted by molar-refractivity contribution is 0.581. The van der Waals surface area contributed by atoms with E-state index in [2.05, 4.69) is 14.7 Å². The van der Waals surface area contributed by atoms with Crippen molar-refractivity contribution in [2.24, 2.45) is 0 Å². The molecule has 0 spiro atoms. The summed E-state index contributed by atoms with van der Waals surface area (Å²) in [6, 6.07) is 9.22. The summed E-state index contributed by atoms with van der Waals surface area (Å²) in [5, 5.41) is 0.839. The van der Waals surface area contributed by atoms with Crippen molar-refractivity contribution in [3.8, 4) is 10.6 Å². The molecule has 2 heterocycles. The Hall–Kier alpha value is -2.09. The van der Waals surface area contributed by atoms with Gasteiger partial charge in [-0.05, 0) is 50.1 Å². The molecule has 25 heavy (non-hydrogen) atoms. The fourth-order valence-corrected chi connectivity index (χ4v) is 4.85. The summed E-state index contributed by atoms with van der Waals surface area (Å²) in [6.45, 7) is 5.79. The molecule has 0 aliphatic heterocycles. The van der Waals surface area contributed by atoms with Gasteiger partial charge in [-0.3, -0.25) is 4.98 Å². The van der Waals surface area contributed by atoms with Crippen LogP contribution in [0.5, 0.6) is 0 Å². The Morgan fingerprint density at radius 2 is 1.96 bits per heavy atom. The number of pyridine rings is 1. The molecule has 0 fully saturated rings. The smallest absolute Gasteiger partial charge is 0.241 e. The lowest BCUT2D eigenvalue weighted by atomic mass is 10.2. The summed E-state index contributed by atoms with van der Waals surface area (Å²) < 4.78 is 28.0. The van der Waals surface area contributed by atoms with Crippen LogP contribution in [0.25, 0.3) is 10.6 Å². The molecule has 0 unspecified atom stereocenters. The van der Waals surface area contributed by atoms with E-state index in [1.54, 1.807) is 25.4 Å². The minimum atomic E-state index is -3.57. The first kappa shape index (κ1) is 17.7. The van der Waals surface area contributed by atoms with Crippen LogP contribution in [0.4, 0.5) is 0 Å². The fraction of sp³-hybridized carbons (Fsp3) is 0.222. The van der Waals surface area contributed by atoms with Crippen LogP contribution < -0.4 is 4.72 Å². The standard InChI is InChI=1S/C18H19N3O2S2/c1-12-6-7-13(2)17(9-12)25(22,23)20-11-16-14(3)21-18(24-16)15-5-4-8-19-10-15/h4-10,20H,11H2,1-3H3. The van der Waals surface area contributed by atoms with Crippen molar-refractivity contribution in [3.63, 3.8) is 0 Å². The molecule has 2 aromatic heterocycles. The molecule has 3 rings (SSSR count). The molecule has 0 saturated heterocycles. The number of thiazole rings is 1. The molecule has 0 atom stereocenters. The molecule has 1 N–H and O–H groups in total. The van der Waals surface area contributed by atoms with Crippen LogP contribution >= 0.6 is 11.3 Å². The van der Waals surface area contributed by atoms with Gasteiger partial charge in [0.25, 0.3) is 0 Å². The molecule has 0 radical (unpaired) electrons. The monoisotopic (exact) mass is 373 g/mol. The molecule has 7 heteroatoms. The van der Waals surface area contributed by atoms with Crippen molar-refractivity contribution in [2.75, 3.05) is 0 Å². The van der Waals surface area contributed by atoms with E-state index in [1.165, 1.54) is 11.3 Å². The Morgan fingerprint density at radius 3 is 2.68 bits per heavy atom. The van der Waals surface area contributed by atoms with Gasteiger partial charge in [0.05, 0.1) is 10.6 Å². The number of aryl methyl sites for hydroxylation is 3. The quantitative estimate of drug-likeness (QED) is 0.741. The van der Waals surface area contributed by atoms with E-state index < -0.39 is 10.0 Å². The molecule has 0 amide bonds. The van der Waals surface area contributed by atoms with E-state index in [9.17, 15) is 8.42 Å². The van der Waals surface area contributed by atoms with E-state index in [-0.39, 0.29) is 6.54 Å². The second kappa shape index (κ2) is 7.03. The zero-order chi connectivity index (χ0) is 18.0. The van der Waals surface area contributed by atoms with Crippen LogP contribution in [0.15, 0.2) is 47.6 Å². The highest BCUT2D eigenvalue weighted by Crippen LogP contribution is 2.27. The maximum absolute atomic E-state index is 12.6. The highest BCUT2D eigenvalue weighted by Gasteiger charge is 2.18. The van der Waals surface area contributed by atoms with Gasteiger partial charge in [-0.1, -0.05) is 12.1 Å². The Bertz CT molecular complexity index is 996. The number of hydrogen-bond donors (Lipinski definition) is 1. The first-order valence-electron chi connectivity index (χ1n) is 7.80. The molecule has 3 aromatic rings. The van der Waals surface area contributed by atoms with Crippen molar-refractivity contribution in [2.45, 2.75) is 32.2 Å². The van der Waals surface area contributed by atoms with E-state index in [0.717, 1.165) is 32.3 Å². The van der Waals surface area contributed by atoms with Crippen molar-refractivity contribution in [1.29, 1.82) is 0 Å². The first-order valence-corrected chi connectivity index (χ1v) is 10.1. The highest BCUT2D eigenvalue weighted by atomic mass is 32.2. The second-order valence-electron chi connectivity index (χ2n) is 5.86. The third-order valence-electron chi connectivity index (χ3n) is 3.86. The minimum absolute atomic E-state index is 0.222. The minimum Gasteiger partial charge on any atom is -0.264 e. The Labute approximate surface area is 151 Å². The average Bonchev–Trinajstić information content (AvgIpc) is 2.97. The number of benzene rings is 1. The molecule has 130 valence electrons. The zero-order valence-electron chi connectivity index (χ0n) is 14.3. The topological polar surface area (TPSA) is 72.0 Å². The zero-order valence-corrected chi connectivity index (χ0v) is 15.9. The van der Waals surface area contributed by atoms with Crippen LogP contribution in [0.2, 0.25) is 0 Å². The third kappa shape index (κ3) is 3.95. The predicted molar refractivity (Wildman–Crippen MR) is 100 cm³/mol. The molecule has 0 bridgehead atoms.